The molecular formula is C13H18O. The van der Waals surface area contributed by atoms with Crippen LogP contribution in [0.25, 0.3) is 0 Å². The van der Waals surface area contributed by atoms with Crippen molar-refractivity contribution in [1.29, 1.82) is 0 Å². The van der Waals surface area contributed by atoms with Gasteiger partial charge in [-0.2, -0.15) is 0 Å². The number of hydrogen-bond donors (Lipinski definition) is 0. The molecule has 1 heteroatoms. The van der Waals surface area contributed by atoms with Crippen molar-refractivity contribution in [2.45, 2.75) is 33.6 Å². The Morgan fingerprint density at radius 3 is 2.71 bits per heavy atom. The molecule has 0 saturated carbocycles. The van der Waals surface area contributed by atoms with E-state index < -0.39 is 0 Å². The standard InChI is InChI=1S/C13H18O/c1-5-6-7-11-10(2)12(14)8-9-13(11,3)4/h5,8-9H,1,6-7H2,2-4H3. The zero-order valence-electron chi connectivity index (χ0n) is 9.26. The van der Waals surface area contributed by atoms with Gasteiger partial charge < -0.3 is 0 Å². The van der Waals surface area contributed by atoms with Crippen molar-refractivity contribution in [3.63, 3.8) is 0 Å². The lowest BCUT2D eigenvalue weighted by Gasteiger charge is -2.29. The Morgan fingerprint density at radius 1 is 1.50 bits per heavy atom. The van der Waals surface area contributed by atoms with Crippen molar-refractivity contribution in [1.82, 2.24) is 0 Å². The summed E-state index contributed by atoms with van der Waals surface area (Å²) in [5.41, 5.74) is 2.20. The number of carbonyl (C=O) groups is 1. The van der Waals surface area contributed by atoms with Crippen molar-refractivity contribution < 1.29 is 4.79 Å². The highest BCUT2D eigenvalue weighted by molar-refractivity contribution is 6.05. The molecule has 14 heavy (non-hydrogen) atoms. The Bertz CT molecular complexity index is 316. The molecule has 0 aromatic carbocycles. The van der Waals surface area contributed by atoms with Crippen LogP contribution < -0.4 is 0 Å². The zero-order valence-corrected chi connectivity index (χ0v) is 9.26. The fourth-order valence-corrected chi connectivity index (χ4v) is 1.90. The van der Waals surface area contributed by atoms with E-state index in [9.17, 15) is 4.79 Å². The van der Waals surface area contributed by atoms with Gasteiger partial charge in [-0.1, -0.05) is 31.6 Å². The molecular weight excluding hydrogens is 172 g/mol. The zero-order chi connectivity index (χ0) is 10.8. The van der Waals surface area contributed by atoms with Crippen LogP contribution >= 0.6 is 0 Å². The van der Waals surface area contributed by atoms with Gasteiger partial charge in [-0.15, -0.1) is 6.58 Å². The predicted molar refractivity (Wildman–Crippen MR) is 60.1 cm³/mol. The number of rotatable bonds is 3. The second-order valence-electron chi connectivity index (χ2n) is 4.35. The molecule has 0 bridgehead atoms. The molecule has 0 aliphatic heterocycles. The van der Waals surface area contributed by atoms with Crippen molar-refractivity contribution in [3.05, 3.63) is 36.0 Å². The van der Waals surface area contributed by atoms with Crippen molar-refractivity contribution in [2.24, 2.45) is 5.41 Å². The minimum Gasteiger partial charge on any atom is -0.290 e. The summed E-state index contributed by atoms with van der Waals surface area (Å²) in [5, 5.41) is 0. The van der Waals surface area contributed by atoms with Crippen LogP contribution in [0.5, 0.6) is 0 Å². The third-order valence-electron chi connectivity index (χ3n) is 2.85. The fraction of sp³-hybridized carbons (Fsp3) is 0.462. The summed E-state index contributed by atoms with van der Waals surface area (Å²) in [4.78, 5) is 11.5. The predicted octanol–water partition coefficient (Wildman–Crippen LogP) is 3.43. The van der Waals surface area contributed by atoms with E-state index in [0.29, 0.717) is 0 Å². The van der Waals surface area contributed by atoms with Gasteiger partial charge in [-0.25, -0.2) is 0 Å². The molecule has 0 amide bonds. The van der Waals surface area contributed by atoms with E-state index in [1.807, 2.05) is 19.1 Å². The highest BCUT2D eigenvalue weighted by Crippen LogP contribution is 2.36. The maximum absolute atomic E-state index is 11.5. The second-order valence-corrected chi connectivity index (χ2v) is 4.35. The number of allylic oxidation sites excluding steroid dienone is 5. The normalized spacial score (nSPS) is 20.1. The van der Waals surface area contributed by atoms with Gasteiger partial charge in [-0.3, -0.25) is 4.79 Å². The first-order valence-electron chi connectivity index (χ1n) is 5.03. The van der Waals surface area contributed by atoms with Gasteiger partial charge in [0.25, 0.3) is 0 Å². The molecule has 0 unspecified atom stereocenters. The van der Waals surface area contributed by atoms with Gasteiger partial charge in [0.05, 0.1) is 0 Å². The van der Waals surface area contributed by atoms with Crippen LogP contribution in [0.3, 0.4) is 0 Å². The van der Waals surface area contributed by atoms with Gasteiger partial charge in [0.15, 0.2) is 5.78 Å². The molecule has 0 radical (unpaired) electrons. The molecule has 0 aromatic rings. The first kappa shape index (κ1) is 11.0. The van der Waals surface area contributed by atoms with Gasteiger partial charge in [-0.05, 0) is 31.4 Å². The average Bonchev–Trinajstić information content (AvgIpc) is 2.12. The molecule has 76 valence electrons. The smallest absolute Gasteiger partial charge is 0.181 e. The highest BCUT2D eigenvalue weighted by atomic mass is 16.1. The first-order chi connectivity index (χ1) is 6.49. The summed E-state index contributed by atoms with van der Waals surface area (Å²) in [7, 11) is 0. The van der Waals surface area contributed by atoms with Gasteiger partial charge in [0.2, 0.25) is 0 Å². The molecule has 0 spiro atoms. The molecule has 1 nitrogen and oxygen atoms in total. The van der Waals surface area contributed by atoms with E-state index in [1.165, 1.54) is 5.57 Å². The van der Waals surface area contributed by atoms with Crippen molar-refractivity contribution in [3.8, 4) is 0 Å². The number of ketones is 1. The van der Waals surface area contributed by atoms with Crippen LogP contribution in [0, 0.1) is 5.41 Å². The maximum atomic E-state index is 11.5. The van der Waals surface area contributed by atoms with E-state index in [4.69, 9.17) is 0 Å². The van der Waals surface area contributed by atoms with Gasteiger partial charge in [0, 0.05) is 5.41 Å². The lowest BCUT2D eigenvalue weighted by Crippen LogP contribution is -2.20. The Kier molecular flexibility index (Phi) is 3.10. The van der Waals surface area contributed by atoms with Crippen LogP contribution in [0.1, 0.15) is 33.6 Å². The van der Waals surface area contributed by atoms with Crippen LogP contribution in [-0.2, 0) is 4.79 Å². The quantitative estimate of drug-likeness (QED) is 0.623. The Labute approximate surface area is 86.2 Å². The minimum absolute atomic E-state index is 0.0288. The second kappa shape index (κ2) is 3.95. The molecule has 1 aliphatic rings. The van der Waals surface area contributed by atoms with E-state index in [1.54, 1.807) is 6.08 Å². The van der Waals surface area contributed by atoms with Crippen LogP contribution in [0.15, 0.2) is 36.0 Å². The average molecular weight is 190 g/mol. The molecule has 1 aliphatic carbocycles. The van der Waals surface area contributed by atoms with E-state index in [2.05, 4.69) is 20.4 Å². The van der Waals surface area contributed by atoms with Gasteiger partial charge >= 0.3 is 0 Å². The van der Waals surface area contributed by atoms with Crippen molar-refractivity contribution >= 4 is 5.78 Å². The summed E-state index contributed by atoms with van der Waals surface area (Å²) in [6.07, 6.45) is 7.47. The van der Waals surface area contributed by atoms with Crippen molar-refractivity contribution in [2.75, 3.05) is 0 Å². The van der Waals surface area contributed by atoms with Crippen LogP contribution in [0.2, 0.25) is 0 Å². The topological polar surface area (TPSA) is 17.1 Å². The lowest BCUT2D eigenvalue weighted by atomic mass is 9.75. The number of carbonyl (C=O) groups excluding carboxylic acids is 1. The summed E-state index contributed by atoms with van der Waals surface area (Å²) in [5.74, 6) is 0.156. The third kappa shape index (κ3) is 2.03. The molecule has 0 aromatic heterocycles. The molecule has 0 atom stereocenters. The SMILES string of the molecule is C=CCCC1=C(C)C(=O)C=CC1(C)C. The van der Waals surface area contributed by atoms with E-state index >= 15 is 0 Å². The summed E-state index contributed by atoms with van der Waals surface area (Å²) in [6, 6.07) is 0. The minimum atomic E-state index is 0.0288. The summed E-state index contributed by atoms with van der Waals surface area (Å²) < 4.78 is 0. The van der Waals surface area contributed by atoms with E-state index in [-0.39, 0.29) is 11.2 Å². The molecule has 0 saturated heterocycles. The molecule has 0 N–H and O–H groups in total. The van der Waals surface area contributed by atoms with Gasteiger partial charge in [0.1, 0.15) is 0 Å². The maximum Gasteiger partial charge on any atom is 0.181 e. The molecule has 0 fully saturated rings. The summed E-state index contributed by atoms with van der Waals surface area (Å²) in [6.45, 7) is 9.94. The molecule has 0 heterocycles. The number of hydrogen-bond acceptors (Lipinski definition) is 1. The highest BCUT2D eigenvalue weighted by Gasteiger charge is 2.26. The molecule has 1 rings (SSSR count). The Balaban J connectivity index is 2.99. The fourth-order valence-electron chi connectivity index (χ4n) is 1.90. The Hall–Kier alpha value is -1.11. The first-order valence-corrected chi connectivity index (χ1v) is 5.03. The van der Waals surface area contributed by atoms with E-state index in [0.717, 1.165) is 18.4 Å². The monoisotopic (exact) mass is 190 g/mol. The third-order valence-corrected chi connectivity index (χ3v) is 2.85. The lowest BCUT2D eigenvalue weighted by molar-refractivity contribution is -0.111. The van der Waals surface area contributed by atoms with Crippen LogP contribution in [-0.4, -0.2) is 5.78 Å². The van der Waals surface area contributed by atoms with Crippen LogP contribution in [0.4, 0.5) is 0 Å². The largest absolute Gasteiger partial charge is 0.290 e. The Morgan fingerprint density at radius 2 is 2.14 bits per heavy atom. The summed E-state index contributed by atoms with van der Waals surface area (Å²) >= 11 is 0.